The molecule has 1 aliphatic heterocycles. The highest BCUT2D eigenvalue weighted by molar-refractivity contribution is 7.86. The van der Waals surface area contributed by atoms with Crippen molar-refractivity contribution < 1.29 is 22.1 Å². The van der Waals surface area contributed by atoms with Gasteiger partial charge in [0.1, 0.15) is 29.0 Å². The summed E-state index contributed by atoms with van der Waals surface area (Å²) in [5.74, 6) is 2.68. The van der Waals surface area contributed by atoms with Gasteiger partial charge in [0.05, 0.1) is 23.6 Å². The molecule has 1 saturated heterocycles. The van der Waals surface area contributed by atoms with Gasteiger partial charge in [-0.25, -0.2) is 22.4 Å². The van der Waals surface area contributed by atoms with Crippen LogP contribution in [-0.2, 0) is 11.0 Å². The first kappa shape index (κ1) is 25.1. The number of benzene rings is 1. The Hall–Kier alpha value is -4.02. The lowest BCUT2D eigenvalue weighted by Gasteiger charge is -2.12. The number of rotatable bonds is 5. The zero-order chi connectivity index (χ0) is 25.8. The van der Waals surface area contributed by atoms with Crippen molar-refractivity contribution in [2.75, 3.05) is 24.9 Å². The molecule has 1 fully saturated rings. The molecule has 0 bridgehead atoms. The Morgan fingerprint density at radius 3 is 2.78 bits per heavy atom. The van der Waals surface area contributed by atoms with E-state index >= 15 is 0 Å². The number of alkyl halides is 1. The number of hydrogen-bond acceptors (Lipinski definition) is 7. The van der Waals surface area contributed by atoms with E-state index in [1.165, 1.54) is 31.5 Å². The van der Waals surface area contributed by atoms with Crippen LogP contribution in [-0.4, -0.2) is 51.2 Å². The number of ether oxygens (including phenoxy) is 1. The smallest absolute Gasteiger partial charge is 0.238 e. The largest absolute Gasteiger partial charge is 0.480 e. The first-order valence-electron chi connectivity index (χ1n) is 10.5. The normalized spacial score (nSPS) is 17.7. The summed E-state index contributed by atoms with van der Waals surface area (Å²) in [5, 5.41) is 23.4. The summed E-state index contributed by atoms with van der Waals surface area (Å²) in [6.07, 6.45) is 0.282. The average molecular weight is 516 g/mol. The number of nitrogens with one attached hydrogen (secondary N) is 4. The molecule has 4 rings (SSSR count). The van der Waals surface area contributed by atoms with Gasteiger partial charge in [-0.2, -0.15) is 9.78 Å². The van der Waals surface area contributed by atoms with E-state index in [0.29, 0.717) is 23.9 Å². The molecular weight excluding hydrogens is 495 g/mol. The van der Waals surface area contributed by atoms with Crippen LogP contribution in [0, 0.1) is 40.2 Å². The minimum atomic E-state index is -2.11. The summed E-state index contributed by atoms with van der Waals surface area (Å²) in [7, 11) is -0.764. The molecule has 3 heterocycles. The van der Waals surface area contributed by atoms with Crippen LogP contribution >= 0.6 is 0 Å². The van der Waals surface area contributed by atoms with Crippen molar-refractivity contribution in [3.63, 3.8) is 0 Å². The molecule has 186 valence electrons. The Morgan fingerprint density at radius 2 is 2.08 bits per heavy atom. The maximum Gasteiger partial charge on any atom is 0.238 e. The van der Waals surface area contributed by atoms with E-state index in [1.807, 2.05) is 0 Å². The Balaban J connectivity index is 1.63. The van der Waals surface area contributed by atoms with Crippen molar-refractivity contribution in [2.24, 2.45) is 5.92 Å². The van der Waals surface area contributed by atoms with Crippen LogP contribution < -0.4 is 20.3 Å². The predicted molar refractivity (Wildman–Crippen MR) is 126 cm³/mol. The second-order valence-electron chi connectivity index (χ2n) is 7.64. The maximum absolute atomic E-state index is 14.1. The third-order valence-electron chi connectivity index (χ3n) is 5.20. The molecule has 2 aromatic heterocycles. The molecule has 3 aromatic rings. The molecule has 0 amide bonds. The summed E-state index contributed by atoms with van der Waals surface area (Å²) in [5.41, 5.74) is 0.707. The van der Waals surface area contributed by atoms with Crippen LogP contribution in [0.1, 0.15) is 0 Å². The number of hydrogen-bond donors (Lipinski definition) is 4. The molecule has 36 heavy (non-hydrogen) atoms. The summed E-state index contributed by atoms with van der Waals surface area (Å²) >= 11 is 0. The van der Waals surface area contributed by atoms with Crippen LogP contribution in [0.4, 0.5) is 18.9 Å². The van der Waals surface area contributed by atoms with Gasteiger partial charge in [-0.15, -0.1) is 0 Å². The molecule has 0 spiro atoms. The highest BCUT2D eigenvalue weighted by Crippen LogP contribution is 2.28. The van der Waals surface area contributed by atoms with E-state index in [-0.39, 0.29) is 34.3 Å². The zero-order valence-electron chi connectivity index (χ0n) is 18.8. The molecule has 0 saturated carbocycles. The quantitative estimate of drug-likeness (QED) is 0.235. The van der Waals surface area contributed by atoms with Gasteiger partial charge in [-0.1, -0.05) is 5.92 Å². The fraction of sp³-hybridized carbons (Fsp3) is 0.217. The molecule has 0 aliphatic carbocycles. The van der Waals surface area contributed by atoms with E-state index in [4.69, 9.17) is 15.6 Å². The number of nitrogens with zero attached hydrogens (tertiary/aromatic N) is 3. The summed E-state index contributed by atoms with van der Waals surface area (Å²) in [6.45, 7) is 0.584. The van der Waals surface area contributed by atoms with E-state index < -0.39 is 34.7 Å². The van der Waals surface area contributed by atoms with Crippen molar-refractivity contribution >= 4 is 22.5 Å². The highest BCUT2D eigenvalue weighted by atomic mass is 32.2. The molecule has 3 atom stereocenters. The van der Waals surface area contributed by atoms with Gasteiger partial charge in [0.25, 0.3) is 0 Å². The van der Waals surface area contributed by atoms with Crippen molar-refractivity contribution in [1.29, 1.82) is 10.8 Å². The van der Waals surface area contributed by atoms with Crippen molar-refractivity contribution in [1.82, 2.24) is 20.1 Å². The Morgan fingerprint density at radius 1 is 1.28 bits per heavy atom. The van der Waals surface area contributed by atoms with Crippen LogP contribution in [0.2, 0.25) is 0 Å². The lowest BCUT2D eigenvalue weighted by atomic mass is 10.1. The Bertz CT molecular complexity index is 1470. The minimum Gasteiger partial charge on any atom is -0.480 e. The summed E-state index contributed by atoms with van der Waals surface area (Å²) < 4.78 is 62.5. The number of aromatic nitrogens is 3. The second kappa shape index (κ2) is 10.7. The first-order chi connectivity index (χ1) is 17.3. The van der Waals surface area contributed by atoms with Gasteiger partial charge < -0.3 is 10.1 Å². The van der Waals surface area contributed by atoms with E-state index in [9.17, 15) is 17.4 Å². The Labute approximate surface area is 206 Å². The number of methoxy groups -OCH3 is 1. The predicted octanol–water partition coefficient (Wildman–Crippen LogP) is 2.23. The van der Waals surface area contributed by atoms with Gasteiger partial charge in [0, 0.05) is 30.9 Å². The van der Waals surface area contributed by atoms with Crippen molar-refractivity contribution in [3.8, 4) is 29.0 Å². The van der Waals surface area contributed by atoms with Crippen LogP contribution in [0.15, 0.2) is 47.5 Å². The molecule has 3 unspecified atom stereocenters. The van der Waals surface area contributed by atoms with Gasteiger partial charge in [-0.05, 0) is 36.3 Å². The third kappa shape index (κ3) is 5.45. The van der Waals surface area contributed by atoms with E-state index in [1.54, 1.807) is 0 Å². The topological polar surface area (TPSA) is 129 Å². The molecule has 1 aromatic carbocycles. The number of halogens is 3. The third-order valence-corrected chi connectivity index (χ3v) is 6.34. The molecule has 1 aliphatic rings. The monoisotopic (exact) mass is 515 g/mol. The molecule has 9 nitrogen and oxygen atoms in total. The van der Waals surface area contributed by atoms with Crippen LogP contribution in [0.25, 0.3) is 11.3 Å². The molecule has 13 heteroatoms. The maximum atomic E-state index is 14.1. The molecular formula is C23H20F3N7O2S. The molecule has 4 N–H and O–H groups in total. The summed E-state index contributed by atoms with van der Waals surface area (Å²) in [6, 6.07) is 7.09. The van der Waals surface area contributed by atoms with Gasteiger partial charge in [0.15, 0.2) is 11.0 Å². The second-order valence-corrected chi connectivity index (χ2v) is 8.82. The fourth-order valence-corrected chi connectivity index (χ4v) is 4.24. The summed E-state index contributed by atoms with van der Waals surface area (Å²) in [4.78, 5) is 3.89. The standard InChI is InChI=1S/C23H20F3N7O2S/c1-35-23-19(32-36(34)20-5-3-15(24)9-16(20)25)8-14(11-30-23)18-4-7-22(28)33(31-18)21(27)6-2-13-10-29-12-17(13)26/h3-5,7-9,11,13,17,27-29,32H,10,12H2,1H3. The van der Waals surface area contributed by atoms with Crippen LogP contribution in [0.5, 0.6) is 5.88 Å². The van der Waals surface area contributed by atoms with Crippen molar-refractivity contribution in [3.05, 3.63) is 59.7 Å². The Kier molecular flexibility index (Phi) is 7.47. The van der Waals surface area contributed by atoms with Crippen molar-refractivity contribution in [2.45, 2.75) is 11.1 Å². The lowest BCUT2D eigenvalue weighted by Crippen LogP contribution is -2.28. The fourth-order valence-electron chi connectivity index (χ4n) is 3.36. The van der Waals surface area contributed by atoms with E-state index in [2.05, 4.69) is 32.0 Å². The van der Waals surface area contributed by atoms with Gasteiger partial charge in [-0.3, -0.25) is 15.5 Å². The minimum absolute atomic E-state index is 0.0594. The van der Waals surface area contributed by atoms with Gasteiger partial charge in [0.2, 0.25) is 11.7 Å². The first-order valence-corrected chi connectivity index (χ1v) is 11.7. The number of anilines is 1. The van der Waals surface area contributed by atoms with E-state index in [0.717, 1.165) is 16.8 Å². The number of pyridine rings is 1. The average Bonchev–Trinajstić information content (AvgIpc) is 3.27. The molecule has 0 radical (unpaired) electrons. The van der Waals surface area contributed by atoms with Gasteiger partial charge >= 0.3 is 0 Å². The highest BCUT2D eigenvalue weighted by Gasteiger charge is 2.24. The zero-order valence-corrected chi connectivity index (χ0v) is 19.6. The lowest BCUT2D eigenvalue weighted by molar-refractivity contribution is 0.323. The van der Waals surface area contributed by atoms with Crippen LogP contribution in [0.3, 0.4) is 0 Å². The SMILES string of the molecule is COc1ncc(-c2ccc(=N)n(C(=N)C#CC3CNCC3F)n2)cc1NS(=O)c1ccc(F)cc1F.